The van der Waals surface area contributed by atoms with Gasteiger partial charge in [0.15, 0.2) is 0 Å². The van der Waals surface area contributed by atoms with Crippen LogP contribution in [-0.2, 0) is 0 Å². The molecule has 1 heterocycles. The van der Waals surface area contributed by atoms with Crippen LogP contribution >= 0.6 is 11.6 Å². The van der Waals surface area contributed by atoms with Crippen LogP contribution in [0.5, 0.6) is 0 Å². The number of halogens is 1. The molecule has 2 rings (SSSR count). The summed E-state index contributed by atoms with van der Waals surface area (Å²) in [5, 5.41) is 4.69. The zero-order valence-corrected chi connectivity index (χ0v) is 14.4. The molecule has 3 heteroatoms. The number of hydrogen-bond acceptors (Lipinski definition) is 2. The van der Waals surface area contributed by atoms with Gasteiger partial charge in [-0.05, 0) is 70.3 Å². The van der Waals surface area contributed by atoms with E-state index in [1.807, 2.05) is 12.1 Å². The highest BCUT2D eigenvalue weighted by Gasteiger charge is 2.21. The standard InChI is InChI=1S/C18H29ClN2/c1-4-18(15-7-9-16(19)10-8-15)20-17-6-5-12-21(13-11-17)14(2)3/h7-10,14,17-18,20H,4-6,11-13H2,1-3H3. The maximum atomic E-state index is 5.99. The fraction of sp³-hybridized carbons (Fsp3) is 0.667. The number of nitrogens with one attached hydrogen (secondary N) is 1. The molecule has 21 heavy (non-hydrogen) atoms. The molecule has 1 N–H and O–H groups in total. The minimum atomic E-state index is 0.442. The monoisotopic (exact) mass is 308 g/mol. The van der Waals surface area contributed by atoms with Crippen molar-refractivity contribution < 1.29 is 0 Å². The summed E-state index contributed by atoms with van der Waals surface area (Å²) in [6, 6.07) is 10.0. The molecule has 0 aromatic heterocycles. The minimum absolute atomic E-state index is 0.442. The van der Waals surface area contributed by atoms with Gasteiger partial charge in [0.1, 0.15) is 0 Å². The van der Waals surface area contributed by atoms with Crippen molar-refractivity contribution in [2.75, 3.05) is 13.1 Å². The summed E-state index contributed by atoms with van der Waals surface area (Å²) < 4.78 is 0. The molecule has 2 nitrogen and oxygen atoms in total. The first kappa shape index (κ1) is 16.8. The largest absolute Gasteiger partial charge is 0.307 e. The van der Waals surface area contributed by atoms with E-state index in [1.54, 1.807) is 0 Å². The maximum absolute atomic E-state index is 5.99. The fourth-order valence-corrected chi connectivity index (χ4v) is 3.36. The molecule has 0 radical (unpaired) electrons. The van der Waals surface area contributed by atoms with Crippen LogP contribution in [0.25, 0.3) is 0 Å². The first-order chi connectivity index (χ1) is 10.1. The molecule has 0 amide bonds. The van der Waals surface area contributed by atoms with Crippen molar-refractivity contribution in [1.82, 2.24) is 10.2 Å². The summed E-state index contributed by atoms with van der Waals surface area (Å²) in [5.74, 6) is 0. The predicted molar refractivity (Wildman–Crippen MR) is 92.0 cm³/mol. The van der Waals surface area contributed by atoms with Crippen LogP contribution in [0.1, 0.15) is 58.1 Å². The van der Waals surface area contributed by atoms with Crippen LogP contribution in [0.2, 0.25) is 5.02 Å². The molecular formula is C18H29ClN2. The topological polar surface area (TPSA) is 15.3 Å². The van der Waals surface area contributed by atoms with E-state index in [0.29, 0.717) is 18.1 Å². The quantitative estimate of drug-likeness (QED) is 0.852. The Labute approximate surface area is 134 Å². The van der Waals surface area contributed by atoms with Crippen molar-refractivity contribution in [1.29, 1.82) is 0 Å². The third-order valence-electron chi connectivity index (χ3n) is 4.61. The van der Waals surface area contributed by atoms with Crippen molar-refractivity contribution in [3.05, 3.63) is 34.9 Å². The Morgan fingerprint density at radius 1 is 1.19 bits per heavy atom. The lowest BCUT2D eigenvalue weighted by Crippen LogP contribution is -2.35. The van der Waals surface area contributed by atoms with Gasteiger partial charge >= 0.3 is 0 Å². The summed E-state index contributed by atoms with van der Waals surface area (Å²) in [6.07, 6.45) is 4.95. The average Bonchev–Trinajstić information content (AvgIpc) is 2.71. The van der Waals surface area contributed by atoms with Crippen molar-refractivity contribution >= 4 is 11.6 Å². The van der Waals surface area contributed by atoms with Crippen molar-refractivity contribution in [2.24, 2.45) is 0 Å². The number of likely N-dealkylation sites (tertiary alicyclic amines) is 1. The van der Waals surface area contributed by atoms with E-state index in [2.05, 4.69) is 43.1 Å². The molecule has 1 aromatic carbocycles. The van der Waals surface area contributed by atoms with Crippen LogP contribution in [0, 0.1) is 0 Å². The molecule has 1 aliphatic rings. The van der Waals surface area contributed by atoms with Crippen molar-refractivity contribution in [3.63, 3.8) is 0 Å². The maximum Gasteiger partial charge on any atom is 0.0406 e. The van der Waals surface area contributed by atoms with Crippen molar-refractivity contribution in [2.45, 2.75) is 64.6 Å². The van der Waals surface area contributed by atoms with Crippen LogP contribution < -0.4 is 5.32 Å². The van der Waals surface area contributed by atoms with Gasteiger partial charge < -0.3 is 10.2 Å². The highest BCUT2D eigenvalue weighted by atomic mass is 35.5. The number of rotatable bonds is 5. The Hall–Kier alpha value is -0.570. The summed E-state index contributed by atoms with van der Waals surface area (Å²) in [5.41, 5.74) is 1.35. The van der Waals surface area contributed by atoms with E-state index >= 15 is 0 Å². The molecule has 118 valence electrons. The predicted octanol–water partition coefficient (Wildman–Crippen LogP) is 4.64. The summed E-state index contributed by atoms with van der Waals surface area (Å²) >= 11 is 5.99. The van der Waals surface area contributed by atoms with E-state index in [0.717, 1.165) is 11.4 Å². The van der Waals surface area contributed by atoms with Gasteiger partial charge in [0.05, 0.1) is 0 Å². The van der Waals surface area contributed by atoms with E-state index < -0.39 is 0 Å². The molecular weight excluding hydrogens is 280 g/mol. The van der Waals surface area contributed by atoms with Gasteiger partial charge in [-0.2, -0.15) is 0 Å². The van der Waals surface area contributed by atoms with E-state index in [-0.39, 0.29) is 0 Å². The average molecular weight is 309 g/mol. The SMILES string of the molecule is CCC(NC1CCCN(C(C)C)CC1)c1ccc(Cl)cc1. The molecule has 2 atom stereocenters. The highest BCUT2D eigenvalue weighted by Crippen LogP contribution is 2.22. The third-order valence-corrected chi connectivity index (χ3v) is 4.86. The lowest BCUT2D eigenvalue weighted by molar-refractivity contribution is 0.228. The number of hydrogen-bond donors (Lipinski definition) is 1. The van der Waals surface area contributed by atoms with Crippen LogP contribution in [0.4, 0.5) is 0 Å². The molecule has 1 aliphatic heterocycles. The lowest BCUT2D eigenvalue weighted by atomic mass is 10.0. The summed E-state index contributed by atoms with van der Waals surface area (Å²) in [6.45, 7) is 9.32. The summed E-state index contributed by atoms with van der Waals surface area (Å²) in [7, 11) is 0. The fourth-order valence-electron chi connectivity index (χ4n) is 3.23. The molecule has 1 aromatic rings. The zero-order chi connectivity index (χ0) is 15.2. The Morgan fingerprint density at radius 2 is 1.90 bits per heavy atom. The first-order valence-electron chi connectivity index (χ1n) is 8.35. The van der Waals surface area contributed by atoms with E-state index in [9.17, 15) is 0 Å². The Balaban J connectivity index is 1.94. The molecule has 0 spiro atoms. The smallest absolute Gasteiger partial charge is 0.0406 e. The van der Waals surface area contributed by atoms with Crippen LogP contribution in [-0.4, -0.2) is 30.1 Å². The normalized spacial score (nSPS) is 22.2. The Morgan fingerprint density at radius 3 is 2.52 bits per heavy atom. The Kier molecular flexibility index (Phi) is 6.53. The van der Waals surface area contributed by atoms with Gasteiger partial charge in [-0.25, -0.2) is 0 Å². The zero-order valence-electron chi connectivity index (χ0n) is 13.6. The van der Waals surface area contributed by atoms with Gasteiger partial charge in [-0.1, -0.05) is 30.7 Å². The first-order valence-corrected chi connectivity index (χ1v) is 8.73. The second kappa shape index (κ2) is 8.17. The molecule has 1 fully saturated rings. The van der Waals surface area contributed by atoms with Gasteiger partial charge in [-0.15, -0.1) is 0 Å². The second-order valence-corrected chi connectivity index (χ2v) is 6.87. The molecule has 0 bridgehead atoms. The van der Waals surface area contributed by atoms with Crippen LogP contribution in [0.3, 0.4) is 0 Å². The van der Waals surface area contributed by atoms with Gasteiger partial charge in [-0.3, -0.25) is 0 Å². The second-order valence-electron chi connectivity index (χ2n) is 6.44. The number of benzene rings is 1. The summed E-state index contributed by atoms with van der Waals surface area (Å²) in [4.78, 5) is 2.60. The van der Waals surface area contributed by atoms with E-state index in [4.69, 9.17) is 11.6 Å². The van der Waals surface area contributed by atoms with Gasteiger partial charge in [0.2, 0.25) is 0 Å². The van der Waals surface area contributed by atoms with Gasteiger partial charge in [0.25, 0.3) is 0 Å². The lowest BCUT2D eigenvalue weighted by Gasteiger charge is -2.26. The third kappa shape index (κ3) is 4.98. The molecule has 2 unspecified atom stereocenters. The highest BCUT2D eigenvalue weighted by molar-refractivity contribution is 6.30. The number of nitrogens with zero attached hydrogens (tertiary/aromatic N) is 1. The molecule has 1 saturated heterocycles. The van der Waals surface area contributed by atoms with Crippen molar-refractivity contribution in [3.8, 4) is 0 Å². The van der Waals surface area contributed by atoms with E-state index in [1.165, 1.54) is 37.9 Å². The van der Waals surface area contributed by atoms with Gasteiger partial charge in [0, 0.05) is 23.1 Å². The molecule has 0 aliphatic carbocycles. The molecule has 0 saturated carbocycles. The minimum Gasteiger partial charge on any atom is -0.307 e. The van der Waals surface area contributed by atoms with Crippen LogP contribution in [0.15, 0.2) is 24.3 Å². The Bertz CT molecular complexity index is 416.